The smallest absolute Gasteiger partial charge is 0.230 e. The fraction of sp³-hybridized carbons (Fsp3) is 0.364. The van der Waals surface area contributed by atoms with Gasteiger partial charge in [0.1, 0.15) is 5.82 Å². The summed E-state index contributed by atoms with van der Waals surface area (Å²) in [5.74, 6) is 0.755. The van der Waals surface area contributed by atoms with Crippen molar-refractivity contribution in [2.75, 3.05) is 17.3 Å². The van der Waals surface area contributed by atoms with Crippen LogP contribution in [0.25, 0.3) is 0 Å². The van der Waals surface area contributed by atoms with Gasteiger partial charge in [-0.25, -0.2) is 14.4 Å². The number of fused-ring (bicyclic) bond motifs is 3. The van der Waals surface area contributed by atoms with Gasteiger partial charge in [-0.3, -0.25) is 9.48 Å². The van der Waals surface area contributed by atoms with E-state index in [1.54, 1.807) is 29.4 Å². The molecule has 0 radical (unpaired) electrons. The van der Waals surface area contributed by atoms with Gasteiger partial charge in [-0.05, 0) is 30.5 Å². The second-order valence-corrected chi connectivity index (χ2v) is 8.03. The first-order valence-corrected chi connectivity index (χ1v) is 10.2. The van der Waals surface area contributed by atoms with Crippen molar-refractivity contribution in [3.05, 3.63) is 65.5 Å². The second-order valence-electron chi connectivity index (χ2n) is 8.03. The minimum absolute atomic E-state index is 0.0509. The molecule has 0 saturated heterocycles. The number of hydrogen-bond donors (Lipinski definition) is 1. The third-order valence-corrected chi connectivity index (χ3v) is 6.07. The Balaban J connectivity index is 1.27. The van der Waals surface area contributed by atoms with Gasteiger partial charge in [-0.2, -0.15) is 5.10 Å². The van der Waals surface area contributed by atoms with Crippen LogP contribution in [0.1, 0.15) is 42.0 Å². The summed E-state index contributed by atoms with van der Waals surface area (Å²) in [6.07, 6.45) is 8.50. The first-order chi connectivity index (χ1) is 14.6. The average Bonchev–Trinajstić information content (AvgIpc) is 3.42. The van der Waals surface area contributed by atoms with Gasteiger partial charge < -0.3 is 10.2 Å². The van der Waals surface area contributed by atoms with Gasteiger partial charge in [-0.1, -0.05) is 18.6 Å². The molecule has 0 bridgehead atoms. The van der Waals surface area contributed by atoms with Gasteiger partial charge in [0.05, 0.1) is 30.3 Å². The molecule has 1 N–H and O–H groups in total. The number of rotatable bonds is 5. The van der Waals surface area contributed by atoms with E-state index in [0.717, 1.165) is 41.8 Å². The molecule has 0 spiro atoms. The zero-order chi connectivity index (χ0) is 20.7. The average molecular weight is 406 g/mol. The summed E-state index contributed by atoms with van der Waals surface area (Å²) in [6.45, 7) is 1.13. The molecule has 3 heterocycles. The minimum atomic E-state index is -0.242. The molecule has 1 aliphatic heterocycles. The molecule has 1 saturated carbocycles. The van der Waals surface area contributed by atoms with Crippen molar-refractivity contribution in [1.29, 1.82) is 0 Å². The summed E-state index contributed by atoms with van der Waals surface area (Å²) in [7, 11) is 1.81. The van der Waals surface area contributed by atoms with Crippen molar-refractivity contribution in [3.8, 4) is 0 Å². The summed E-state index contributed by atoms with van der Waals surface area (Å²) in [4.78, 5) is 23.4. The van der Waals surface area contributed by atoms with Crippen molar-refractivity contribution < 1.29 is 9.18 Å². The lowest BCUT2D eigenvalue weighted by Crippen LogP contribution is -2.39. The molecular weight excluding hydrogens is 383 g/mol. The van der Waals surface area contributed by atoms with Crippen molar-refractivity contribution in [2.24, 2.45) is 5.92 Å². The summed E-state index contributed by atoms with van der Waals surface area (Å²) in [5, 5.41) is 7.65. The number of nitrogens with zero attached hydrogens (tertiary/aromatic N) is 5. The summed E-state index contributed by atoms with van der Waals surface area (Å²) in [6, 6.07) is 6.42. The van der Waals surface area contributed by atoms with Crippen LogP contribution in [0.2, 0.25) is 0 Å². The maximum Gasteiger partial charge on any atom is 0.230 e. The second kappa shape index (κ2) is 7.51. The molecule has 7 nitrogen and oxygen atoms in total. The van der Waals surface area contributed by atoms with Crippen LogP contribution in [0.15, 0.2) is 42.9 Å². The lowest BCUT2D eigenvalue weighted by Gasteiger charge is -2.33. The molecule has 2 aromatic heterocycles. The van der Waals surface area contributed by atoms with E-state index in [-0.39, 0.29) is 23.6 Å². The third-order valence-electron chi connectivity index (χ3n) is 6.07. The first-order valence-electron chi connectivity index (χ1n) is 10.2. The van der Waals surface area contributed by atoms with E-state index in [1.807, 2.05) is 17.9 Å². The molecule has 2 aliphatic rings. The largest absolute Gasteiger partial charge is 0.350 e. The topological polar surface area (TPSA) is 75.9 Å². The highest BCUT2D eigenvalue weighted by Crippen LogP contribution is 2.46. The van der Waals surface area contributed by atoms with Gasteiger partial charge in [0.2, 0.25) is 11.9 Å². The lowest BCUT2D eigenvalue weighted by atomic mass is 9.87. The number of anilines is 2. The van der Waals surface area contributed by atoms with E-state index in [4.69, 9.17) is 4.98 Å². The zero-order valence-electron chi connectivity index (χ0n) is 16.8. The SMILES string of the molecule is CN1C(=O)[C@H]2CCCC2c2nc(NCc3cnn(Cc4ccc(F)cc4)c3)ncc21. The highest BCUT2D eigenvalue weighted by atomic mass is 19.1. The number of halogens is 1. The Hall–Kier alpha value is -3.29. The van der Waals surface area contributed by atoms with E-state index >= 15 is 0 Å². The quantitative estimate of drug-likeness (QED) is 0.703. The number of amides is 1. The number of nitrogens with one attached hydrogen (secondary N) is 1. The third kappa shape index (κ3) is 3.42. The normalized spacial score (nSPS) is 20.2. The molecule has 3 aromatic rings. The zero-order valence-corrected chi connectivity index (χ0v) is 16.8. The van der Waals surface area contributed by atoms with Crippen LogP contribution >= 0.6 is 0 Å². The Kier molecular flexibility index (Phi) is 4.69. The Morgan fingerprint density at radius 3 is 2.77 bits per heavy atom. The van der Waals surface area contributed by atoms with Gasteiger partial charge >= 0.3 is 0 Å². The van der Waals surface area contributed by atoms with Crippen molar-refractivity contribution >= 4 is 17.5 Å². The highest BCUT2D eigenvalue weighted by Gasteiger charge is 2.43. The van der Waals surface area contributed by atoms with E-state index in [1.165, 1.54) is 12.1 Å². The van der Waals surface area contributed by atoms with E-state index < -0.39 is 0 Å². The molecule has 8 heteroatoms. The van der Waals surface area contributed by atoms with Crippen LogP contribution in [0, 0.1) is 11.7 Å². The highest BCUT2D eigenvalue weighted by molar-refractivity contribution is 5.98. The van der Waals surface area contributed by atoms with E-state index in [0.29, 0.717) is 19.0 Å². The van der Waals surface area contributed by atoms with Crippen LogP contribution in [-0.4, -0.2) is 32.7 Å². The predicted molar refractivity (Wildman–Crippen MR) is 111 cm³/mol. The maximum atomic E-state index is 13.0. The van der Waals surface area contributed by atoms with Crippen LogP contribution in [0.5, 0.6) is 0 Å². The Bertz CT molecular complexity index is 1080. The molecule has 1 fully saturated rings. The molecule has 1 aromatic carbocycles. The Morgan fingerprint density at radius 2 is 1.93 bits per heavy atom. The van der Waals surface area contributed by atoms with Crippen LogP contribution in [0.3, 0.4) is 0 Å². The Morgan fingerprint density at radius 1 is 1.13 bits per heavy atom. The number of benzene rings is 1. The summed E-state index contributed by atoms with van der Waals surface area (Å²) in [5.41, 5.74) is 3.79. The molecule has 5 rings (SSSR count). The fourth-order valence-electron chi connectivity index (χ4n) is 4.50. The standard InChI is InChI=1S/C22H23FN6O/c1-28-19-11-25-22(27-20(19)17-3-2-4-18(17)21(28)30)24-9-15-10-26-29(13-15)12-14-5-7-16(23)8-6-14/h5-8,10-11,13,17-18H,2-4,9,12H2,1H3,(H,24,25,27)/t17?,18-/m0/s1. The molecule has 154 valence electrons. The Labute approximate surface area is 174 Å². The van der Waals surface area contributed by atoms with E-state index in [2.05, 4.69) is 15.4 Å². The van der Waals surface area contributed by atoms with Crippen LogP contribution in [0.4, 0.5) is 16.0 Å². The lowest BCUT2D eigenvalue weighted by molar-refractivity contribution is -0.122. The number of carbonyl (C=O) groups is 1. The molecule has 30 heavy (non-hydrogen) atoms. The predicted octanol–water partition coefficient (Wildman–Crippen LogP) is 3.33. The monoisotopic (exact) mass is 406 g/mol. The van der Waals surface area contributed by atoms with E-state index in [9.17, 15) is 9.18 Å². The van der Waals surface area contributed by atoms with Crippen LogP contribution in [-0.2, 0) is 17.9 Å². The maximum absolute atomic E-state index is 13.0. The fourth-order valence-corrected chi connectivity index (χ4v) is 4.50. The molecular formula is C22H23FN6O. The molecule has 2 atom stereocenters. The van der Waals surface area contributed by atoms with Gasteiger partial charge in [0.15, 0.2) is 0 Å². The summed E-state index contributed by atoms with van der Waals surface area (Å²) >= 11 is 0. The molecule has 1 amide bonds. The van der Waals surface area contributed by atoms with Crippen molar-refractivity contribution in [3.63, 3.8) is 0 Å². The van der Waals surface area contributed by atoms with Crippen LogP contribution < -0.4 is 10.2 Å². The number of aromatic nitrogens is 4. The van der Waals surface area contributed by atoms with Gasteiger partial charge in [0, 0.05) is 37.2 Å². The first kappa shape index (κ1) is 18.7. The van der Waals surface area contributed by atoms with Gasteiger partial charge in [-0.15, -0.1) is 0 Å². The summed E-state index contributed by atoms with van der Waals surface area (Å²) < 4.78 is 14.9. The number of hydrogen-bond acceptors (Lipinski definition) is 5. The minimum Gasteiger partial charge on any atom is -0.350 e. The molecule has 1 unspecified atom stereocenters. The van der Waals surface area contributed by atoms with Crippen molar-refractivity contribution in [1.82, 2.24) is 19.7 Å². The van der Waals surface area contributed by atoms with Crippen molar-refractivity contribution in [2.45, 2.75) is 38.3 Å². The number of carbonyl (C=O) groups excluding carboxylic acids is 1. The van der Waals surface area contributed by atoms with Gasteiger partial charge in [0.25, 0.3) is 0 Å². The molecule has 1 aliphatic carbocycles.